The summed E-state index contributed by atoms with van der Waals surface area (Å²) in [5, 5.41) is 9.22. The Bertz CT molecular complexity index is 2800. The van der Waals surface area contributed by atoms with Gasteiger partial charge in [-0.25, -0.2) is 5.43 Å². The normalized spacial score (nSPS) is 24.5. The SMILES string of the molecule is CCn1c(C2=C(C(C)OC)NCC=C2)c2c3cc(ccc31)-c1cccc(c1)CC(NC(=O)C(C(C)C)N1CO[C@@]3(CCN(C(=O)C#CC(C)(C)N4CCC4)C3)C1=O)C(=O)N1CCC[C@H](N1)C(=O)OCC(C)(C)C2. The molecule has 6 aliphatic heterocycles. The van der Waals surface area contributed by atoms with Gasteiger partial charge in [0.1, 0.15) is 24.9 Å². The van der Waals surface area contributed by atoms with Gasteiger partial charge in [-0.2, -0.15) is 0 Å². The van der Waals surface area contributed by atoms with Crippen LogP contribution in [0.1, 0.15) is 97.9 Å². The molecule has 4 saturated heterocycles. The lowest BCUT2D eigenvalue weighted by Crippen LogP contribution is -2.62. The molecule has 390 valence electrons. The van der Waals surface area contributed by atoms with Crippen LogP contribution in [0.3, 0.4) is 0 Å². The van der Waals surface area contributed by atoms with Crippen LogP contribution >= 0.6 is 0 Å². The van der Waals surface area contributed by atoms with E-state index in [1.165, 1.54) is 9.91 Å². The molecule has 1 aromatic heterocycles. The summed E-state index contributed by atoms with van der Waals surface area (Å²) < 4.78 is 20.7. The highest BCUT2D eigenvalue weighted by Gasteiger charge is 2.56. The number of nitrogens with zero attached hydrogens (tertiary/aromatic N) is 5. The molecule has 6 aliphatic rings. The molecule has 7 heterocycles. The van der Waals surface area contributed by atoms with E-state index in [0.29, 0.717) is 38.9 Å². The first kappa shape index (κ1) is 51.9. The monoisotopic (exact) mass is 999 g/mol. The molecule has 4 fully saturated rings. The van der Waals surface area contributed by atoms with Crippen LogP contribution in [0.25, 0.3) is 27.6 Å². The van der Waals surface area contributed by atoms with Crippen molar-refractivity contribution in [2.75, 3.05) is 59.7 Å². The van der Waals surface area contributed by atoms with E-state index in [4.69, 9.17) is 14.2 Å². The van der Waals surface area contributed by atoms with E-state index in [1.807, 2.05) is 39.8 Å². The Labute approximate surface area is 430 Å². The van der Waals surface area contributed by atoms with Crippen LogP contribution in [0.15, 0.2) is 60.3 Å². The number of nitrogens with one attached hydrogen (secondary N) is 3. The van der Waals surface area contributed by atoms with E-state index in [1.54, 1.807) is 12.0 Å². The second-order valence-electron chi connectivity index (χ2n) is 22.4. The van der Waals surface area contributed by atoms with Crippen molar-refractivity contribution in [3.05, 3.63) is 77.1 Å². The zero-order valence-electron chi connectivity index (χ0n) is 44.2. The van der Waals surface area contributed by atoms with Crippen LogP contribution in [0, 0.1) is 23.2 Å². The van der Waals surface area contributed by atoms with Gasteiger partial charge in [-0.15, -0.1) is 0 Å². The van der Waals surface area contributed by atoms with E-state index < -0.39 is 52.5 Å². The summed E-state index contributed by atoms with van der Waals surface area (Å²) in [6.07, 6.45) is 7.27. The zero-order chi connectivity index (χ0) is 52.0. The number of carbonyl (C=O) groups excluding carboxylic acids is 5. The molecule has 0 radical (unpaired) electrons. The number of benzene rings is 2. The molecule has 16 nitrogen and oxygen atoms in total. The van der Waals surface area contributed by atoms with Gasteiger partial charge in [0.2, 0.25) is 5.91 Å². The molecule has 9 rings (SSSR count). The summed E-state index contributed by atoms with van der Waals surface area (Å²) >= 11 is 0. The van der Waals surface area contributed by atoms with E-state index in [0.717, 1.165) is 76.2 Å². The maximum absolute atomic E-state index is 14.9. The van der Waals surface area contributed by atoms with Crippen molar-refractivity contribution in [1.82, 2.24) is 40.3 Å². The number of rotatable bonds is 9. The fourth-order valence-electron chi connectivity index (χ4n) is 11.5. The number of hydrogen-bond acceptors (Lipinski definition) is 11. The van der Waals surface area contributed by atoms with Gasteiger partial charge in [0, 0.05) is 86.8 Å². The number of aromatic nitrogens is 1. The Balaban J connectivity index is 1.03. The number of likely N-dealkylation sites (tertiary alicyclic amines) is 2. The van der Waals surface area contributed by atoms with Crippen molar-refractivity contribution in [2.45, 2.75) is 136 Å². The van der Waals surface area contributed by atoms with Crippen LogP contribution in [0.4, 0.5) is 0 Å². The standard InChI is InChI=1S/C57H74N8O8/c1-10-63-46-20-19-40-31-42(46)43(50(63)41-17-12-24-58-48(41)37(4)71-9)32-55(5,6)34-72-53(69)44-18-13-27-65(60-44)52(68)45(30-38-15-11-16-39(40)29-38)59-51(67)49(36(2)3)64-35-73-57(54(64)70)23-28-61(33-57)47(66)21-22-56(7,8)62-25-14-26-62/h11-12,15-17,19-20,29,31,36-37,44-45,49,58,60H,10,13-14,18,23-28,30,32-35H2,1-9H3,(H,59,67)/t37?,44-,45?,49?,57+/m0/s1. The predicted octanol–water partition coefficient (Wildman–Crippen LogP) is 5.18. The fourth-order valence-corrected chi connectivity index (χ4v) is 11.5. The molecule has 1 spiro atoms. The van der Waals surface area contributed by atoms with Gasteiger partial charge in [0.25, 0.3) is 17.7 Å². The first-order chi connectivity index (χ1) is 34.8. The molecule has 0 saturated carbocycles. The van der Waals surface area contributed by atoms with Gasteiger partial charge < -0.3 is 39.2 Å². The molecule has 3 unspecified atom stereocenters. The summed E-state index contributed by atoms with van der Waals surface area (Å²) in [5.41, 5.74) is 9.10. The number of carbonyl (C=O) groups is 5. The Morgan fingerprint density at radius 3 is 2.52 bits per heavy atom. The van der Waals surface area contributed by atoms with Gasteiger partial charge in [-0.3, -0.25) is 33.9 Å². The van der Waals surface area contributed by atoms with Crippen LogP contribution in [-0.2, 0) is 57.6 Å². The molecule has 73 heavy (non-hydrogen) atoms. The van der Waals surface area contributed by atoms with Crippen molar-refractivity contribution in [3.63, 3.8) is 0 Å². The number of fused-ring (bicyclic) bond motifs is 6. The Hall–Kier alpha value is -5.99. The first-order valence-electron chi connectivity index (χ1n) is 26.3. The molecule has 16 heteroatoms. The molecule has 6 bridgehead atoms. The predicted molar refractivity (Wildman–Crippen MR) is 279 cm³/mol. The van der Waals surface area contributed by atoms with Crippen molar-refractivity contribution >= 4 is 46.1 Å². The highest BCUT2D eigenvalue weighted by Crippen LogP contribution is 2.41. The van der Waals surface area contributed by atoms with E-state index in [2.05, 4.69) is 108 Å². The third-order valence-electron chi connectivity index (χ3n) is 15.8. The van der Waals surface area contributed by atoms with Gasteiger partial charge in [0.15, 0.2) is 5.60 Å². The highest BCUT2D eigenvalue weighted by atomic mass is 16.5. The fraction of sp³-hybridized carbons (Fsp3) is 0.561. The summed E-state index contributed by atoms with van der Waals surface area (Å²) in [7, 11) is 1.72. The third-order valence-corrected chi connectivity index (χ3v) is 15.8. The smallest absolute Gasteiger partial charge is 0.324 e. The van der Waals surface area contributed by atoms with Crippen molar-refractivity contribution in [3.8, 4) is 23.0 Å². The topological polar surface area (TPSA) is 167 Å². The van der Waals surface area contributed by atoms with Crippen molar-refractivity contribution in [1.29, 1.82) is 0 Å². The number of cyclic esters (lactones) is 1. The maximum Gasteiger partial charge on any atom is 0.324 e. The van der Waals surface area contributed by atoms with Gasteiger partial charge in [-0.05, 0) is 99.6 Å². The number of aryl methyl sites for hydroxylation is 1. The number of allylic oxidation sites excluding steroid dienone is 2. The highest BCUT2D eigenvalue weighted by molar-refractivity contribution is 5.98. The Kier molecular flexibility index (Phi) is 14.7. The average molecular weight is 999 g/mol. The minimum Gasteiger partial charge on any atom is -0.464 e. The van der Waals surface area contributed by atoms with Crippen LogP contribution in [-0.4, -0.2) is 149 Å². The summed E-state index contributed by atoms with van der Waals surface area (Å²) in [6, 6.07) is 11.7. The Morgan fingerprint density at radius 2 is 1.79 bits per heavy atom. The summed E-state index contributed by atoms with van der Waals surface area (Å²) in [6.45, 7) is 20.1. The van der Waals surface area contributed by atoms with E-state index in [-0.39, 0.29) is 56.6 Å². The second kappa shape index (κ2) is 20.7. The van der Waals surface area contributed by atoms with Crippen molar-refractivity contribution < 1.29 is 38.2 Å². The van der Waals surface area contributed by atoms with Crippen LogP contribution in [0.5, 0.6) is 0 Å². The molecule has 2 aromatic carbocycles. The minimum atomic E-state index is -1.30. The number of amides is 4. The lowest BCUT2D eigenvalue weighted by atomic mass is 9.83. The number of hydrogen-bond donors (Lipinski definition) is 3. The largest absolute Gasteiger partial charge is 0.464 e. The summed E-state index contributed by atoms with van der Waals surface area (Å²) in [5.74, 6) is 3.50. The average Bonchev–Trinajstić information content (AvgIpc) is 4.03. The quantitative estimate of drug-likeness (QED) is 0.191. The lowest BCUT2D eigenvalue weighted by molar-refractivity contribution is -0.155. The Morgan fingerprint density at radius 1 is 1.01 bits per heavy atom. The van der Waals surface area contributed by atoms with E-state index >= 15 is 0 Å². The number of ether oxygens (including phenoxy) is 3. The van der Waals surface area contributed by atoms with Crippen LogP contribution < -0.4 is 16.1 Å². The number of esters is 1. The van der Waals surface area contributed by atoms with Gasteiger partial charge in [0.05, 0.1) is 30.5 Å². The molecule has 3 aromatic rings. The zero-order valence-corrected chi connectivity index (χ0v) is 44.2. The van der Waals surface area contributed by atoms with Gasteiger partial charge >= 0.3 is 5.97 Å². The first-order valence-corrected chi connectivity index (χ1v) is 26.3. The molecular formula is C57H74N8O8. The molecule has 5 atom stereocenters. The maximum atomic E-state index is 14.9. The van der Waals surface area contributed by atoms with E-state index in [9.17, 15) is 24.0 Å². The molecule has 0 aliphatic carbocycles. The number of dihydropyridines is 1. The number of hydrazine groups is 1. The van der Waals surface area contributed by atoms with Gasteiger partial charge in [-0.1, -0.05) is 76.1 Å². The molecule has 3 N–H and O–H groups in total. The minimum absolute atomic E-state index is 0.0347. The molecular weight excluding hydrogens is 925 g/mol. The third kappa shape index (κ3) is 10.3. The summed E-state index contributed by atoms with van der Waals surface area (Å²) in [4.78, 5) is 76.9. The lowest BCUT2D eigenvalue weighted by Gasteiger charge is -2.41. The van der Waals surface area contributed by atoms with Crippen molar-refractivity contribution in [2.24, 2.45) is 11.3 Å². The second-order valence-corrected chi connectivity index (χ2v) is 22.4. The van der Waals surface area contributed by atoms with Crippen LogP contribution in [0.2, 0.25) is 0 Å². The number of methoxy groups -OCH3 is 1. The molecule has 4 amide bonds.